The normalized spacial score (nSPS) is 11.0. The molecule has 1 aromatic carbocycles. The lowest BCUT2D eigenvalue weighted by molar-refractivity contribution is -0.131. The molecule has 0 aliphatic heterocycles. The number of aromatic nitrogens is 1. The van der Waals surface area contributed by atoms with Crippen LogP contribution in [0, 0.1) is 13.8 Å². The molecule has 1 N–H and O–H groups in total. The van der Waals surface area contributed by atoms with Crippen LogP contribution in [0.25, 0.3) is 6.08 Å². The van der Waals surface area contributed by atoms with E-state index in [4.69, 9.17) is 21.4 Å². The minimum Gasteiger partial charge on any atom is -0.484 e. The number of thiazole rings is 1. The summed E-state index contributed by atoms with van der Waals surface area (Å²) in [7, 11) is 0. The average Bonchev–Trinajstić information content (AvgIpc) is 2.74. The molecule has 0 unspecified atom stereocenters. The molecule has 0 saturated heterocycles. The van der Waals surface area contributed by atoms with E-state index in [0.29, 0.717) is 22.9 Å². The number of carboxylic acid groups (broad SMARTS) is 1. The quantitative estimate of drug-likeness (QED) is 0.842. The number of halogens is 1. The molecule has 0 fully saturated rings. The molecule has 0 radical (unpaired) electrons. The fraction of sp³-hybridized carbons (Fsp3) is 0.200. The van der Waals surface area contributed by atoms with Gasteiger partial charge in [0.05, 0.1) is 10.7 Å². The van der Waals surface area contributed by atoms with Gasteiger partial charge in [-0.15, -0.1) is 11.3 Å². The van der Waals surface area contributed by atoms with E-state index in [0.717, 1.165) is 21.7 Å². The Morgan fingerprint density at radius 2 is 2.24 bits per heavy atom. The molecule has 0 aliphatic rings. The summed E-state index contributed by atoms with van der Waals surface area (Å²) in [6.45, 7) is 4.26. The zero-order valence-electron chi connectivity index (χ0n) is 11.6. The van der Waals surface area contributed by atoms with Gasteiger partial charge in [0.1, 0.15) is 17.4 Å². The van der Waals surface area contributed by atoms with E-state index in [9.17, 15) is 4.79 Å². The number of para-hydroxylation sites is 1. The lowest BCUT2D eigenvalue weighted by Crippen LogP contribution is -1.97. The summed E-state index contributed by atoms with van der Waals surface area (Å²) in [4.78, 5) is 16.2. The molecule has 1 aromatic heterocycles. The largest absolute Gasteiger partial charge is 0.484 e. The van der Waals surface area contributed by atoms with Crippen LogP contribution in [0.4, 0.5) is 0 Å². The molecule has 0 amide bonds. The topological polar surface area (TPSA) is 59.4 Å². The van der Waals surface area contributed by atoms with Crippen molar-refractivity contribution in [2.24, 2.45) is 0 Å². The zero-order valence-corrected chi connectivity index (χ0v) is 13.2. The first-order chi connectivity index (χ1) is 9.97. The number of aryl methyl sites for hydroxylation is 2. The van der Waals surface area contributed by atoms with Crippen molar-refractivity contribution in [1.29, 1.82) is 0 Å². The summed E-state index contributed by atoms with van der Waals surface area (Å²) in [5.74, 6) is -0.561. The van der Waals surface area contributed by atoms with Crippen LogP contribution >= 0.6 is 22.9 Å². The Kier molecular flexibility index (Phi) is 4.98. The molecule has 2 aromatic rings. The number of ether oxygens (including phenoxy) is 1. The van der Waals surface area contributed by atoms with Crippen LogP contribution in [0.2, 0.25) is 5.02 Å². The third kappa shape index (κ3) is 4.06. The van der Waals surface area contributed by atoms with E-state index in [1.807, 2.05) is 13.8 Å². The molecule has 2 rings (SSSR count). The van der Waals surface area contributed by atoms with Crippen molar-refractivity contribution in [2.75, 3.05) is 0 Å². The van der Waals surface area contributed by atoms with Crippen molar-refractivity contribution in [3.8, 4) is 5.75 Å². The summed E-state index contributed by atoms with van der Waals surface area (Å²) in [5.41, 5.74) is 1.61. The summed E-state index contributed by atoms with van der Waals surface area (Å²) in [5, 5.41) is 10.0. The predicted molar refractivity (Wildman–Crippen MR) is 84.0 cm³/mol. The maximum Gasteiger partial charge on any atom is 0.328 e. The molecule has 1 heterocycles. The molecular weight excluding hydrogens is 310 g/mol. The number of carboxylic acids is 1. The maximum absolute atomic E-state index is 10.6. The Morgan fingerprint density at radius 1 is 1.48 bits per heavy atom. The van der Waals surface area contributed by atoms with Gasteiger partial charge in [0.25, 0.3) is 0 Å². The van der Waals surface area contributed by atoms with Gasteiger partial charge in [-0.3, -0.25) is 0 Å². The molecule has 0 atom stereocenters. The van der Waals surface area contributed by atoms with Crippen molar-refractivity contribution in [3.05, 3.63) is 50.4 Å². The van der Waals surface area contributed by atoms with Crippen LogP contribution < -0.4 is 4.74 Å². The third-order valence-electron chi connectivity index (χ3n) is 2.82. The van der Waals surface area contributed by atoms with Crippen molar-refractivity contribution in [3.63, 3.8) is 0 Å². The molecular formula is C15H14ClNO3S. The summed E-state index contributed by atoms with van der Waals surface area (Å²) in [6.07, 6.45) is 2.51. The second kappa shape index (κ2) is 6.74. The molecule has 0 aliphatic carbocycles. The minimum atomic E-state index is -1.02. The second-order valence-corrected chi connectivity index (χ2v) is 6.06. The van der Waals surface area contributed by atoms with Crippen LogP contribution in [0.5, 0.6) is 5.75 Å². The lowest BCUT2D eigenvalue weighted by atomic mass is 10.2. The van der Waals surface area contributed by atoms with Crippen molar-refractivity contribution in [2.45, 2.75) is 20.5 Å². The number of hydrogen-bond acceptors (Lipinski definition) is 4. The van der Waals surface area contributed by atoms with E-state index < -0.39 is 5.97 Å². The molecule has 6 heteroatoms. The SMILES string of the molecule is Cc1nc(COc2c(Cl)cccc2/C=C/C(=O)O)sc1C. The van der Waals surface area contributed by atoms with Gasteiger partial charge in [-0.2, -0.15) is 0 Å². The van der Waals surface area contributed by atoms with Gasteiger partial charge in [0, 0.05) is 16.5 Å². The molecule has 21 heavy (non-hydrogen) atoms. The Balaban J connectivity index is 2.20. The second-order valence-electron chi connectivity index (χ2n) is 4.37. The van der Waals surface area contributed by atoms with Gasteiger partial charge in [0.15, 0.2) is 0 Å². The highest BCUT2D eigenvalue weighted by Gasteiger charge is 2.09. The number of benzene rings is 1. The molecule has 0 saturated carbocycles. The fourth-order valence-electron chi connectivity index (χ4n) is 1.70. The Morgan fingerprint density at radius 3 is 2.86 bits per heavy atom. The van der Waals surface area contributed by atoms with Gasteiger partial charge in [-0.05, 0) is 26.0 Å². The summed E-state index contributed by atoms with van der Waals surface area (Å²) >= 11 is 7.70. The zero-order chi connectivity index (χ0) is 15.4. The van der Waals surface area contributed by atoms with Gasteiger partial charge in [-0.1, -0.05) is 23.7 Å². The first-order valence-electron chi connectivity index (χ1n) is 6.22. The standard InChI is InChI=1S/C15H14ClNO3S/c1-9-10(2)21-13(17-9)8-20-15-11(6-7-14(18)19)4-3-5-12(15)16/h3-7H,8H2,1-2H3,(H,18,19)/b7-6+. The van der Waals surface area contributed by atoms with Crippen LogP contribution in [0.3, 0.4) is 0 Å². The molecule has 0 spiro atoms. The number of nitrogens with zero attached hydrogens (tertiary/aromatic N) is 1. The highest BCUT2D eigenvalue weighted by atomic mass is 35.5. The smallest absolute Gasteiger partial charge is 0.328 e. The van der Waals surface area contributed by atoms with Crippen molar-refractivity contribution < 1.29 is 14.6 Å². The van der Waals surface area contributed by atoms with Crippen LogP contribution in [-0.4, -0.2) is 16.1 Å². The number of aliphatic carboxylic acids is 1. The van der Waals surface area contributed by atoms with Crippen LogP contribution in [0.15, 0.2) is 24.3 Å². The molecule has 110 valence electrons. The number of rotatable bonds is 5. The van der Waals surface area contributed by atoms with Crippen molar-refractivity contribution >= 4 is 35.0 Å². The van der Waals surface area contributed by atoms with E-state index in [-0.39, 0.29) is 0 Å². The Labute approximate surface area is 131 Å². The van der Waals surface area contributed by atoms with E-state index in [1.54, 1.807) is 29.5 Å². The molecule has 4 nitrogen and oxygen atoms in total. The predicted octanol–water partition coefficient (Wildman–Crippen LogP) is 4.09. The van der Waals surface area contributed by atoms with Crippen LogP contribution in [0.1, 0.15) is 21.1 Å². The van der Waals surface area contributed by atoms with E-state index >= 15 is 0 Å². The van der Waals surface area contributed by atoms with Crippen LogP contribution in [-0.2, 0) is 11.4 Å². The summed E-state index contributed by atoms with van der Waals surface area (Å²) in [6, 6.07) is 5.20. The number of carbonyl (C=O) groups is 1. The maximum atomic E-state index is 10.6. The van der Waals surface area contributed by atoms with Crippen molar-refractivity contribution in [1.82, 2.24) is 4.98 Å². The minimum absolute atomic E-state index is 0.303. The Hall–Kier alpha value is -1.85. The average molecular weight is 324 g/mol. The van der Waals surface area contributed by atoms with E-state index in [1.165, 1.54) is 6.08 Å². The van der Waals surface area contributed by atoms with Gasteiger partial charge < -0.3 is 9.84 Å². The molecule has 0 bridgehead atoms. The highest BCUT2D eigenvalue weighted by Crippen LogP contribution is 2.31. The van der Waals surface area contributed by atoms with Gasteiger partial charge in [-0.25, -0.2) is 9.78 Å². The van der Waals surface area contributed by atoms with Gasteiger partial charge >= 0.3 is 5.97 Å². The monoisotopic (exact) mass is 323 g/mol. The lowest BCUT2D eigenvalue weighted by Gasteiger charge is -2.09. The fourth-order valence-corrected chi connectivity index (χ4v) is 2.79. The highest BCUT2D eigenvalue weighted by molar-refractivity contribution is 7.11. The van der Waals surface area contributed by atoms with E-state index in [2.05, 4.69) is 4.98 Å². The van der Waals surface area contributed by atoms with Gasteiger partial charge in [0.2, 0.25) is 0 Å². The summed E-state index contributed by atoms with van der Waals surface area (Å²) < 4.78 is 5.73. The number of hydrogen-bond donors (Lipinski definition) is 1. The first kappa shape index (κ1) is 15.5. The third-order valence-corrected chi connectivity index (χ3v) is 4.16. The Bertz CT molecular complexity index is 675. The first-order valence-corrected chi connectivity index (χ1v) is 7.42.